The van der Waals surface area contributed by atoms with Crippen molar-refractivity contribution < 1.29 is 9.18 Å². The standard InChI is InChI=1S/C20H20FN3O/c1-12-10-15(4-6-17(12)21)8-9-22-20(25)16-5-7-18-19(11-16)24-14(3)13(2)23-18/h4-7,10-11H,8-9H2,1-3H3,(H,22,25). The molecule has 128 valence electrons. The largest absolute Gasteiger partial charge is 0.352 e. The first kappa shape index (κ1) is 17.0. The molecule has 5 heteroatoms. The van der Waals surface area contributed by atoms with E-state index in [4.69, 9.17) is 0 Å². The molecule has 0 saturated heterocycles. The maximum Gasteiger partial charge on any atom is 0.251 e. The molecule has 0 aliphatic carbocycles. The van der Waals surface area contributed by atoms with Crippen LogP contribution in [0.3, 0.4) is 0 Å². The average molecular weight is 337 g/mol. The lowest BCUT2D eigenvalue weighted by atomic mass is 10.1. The molecule has 4 nitrogen and oxygen atoms in total. The molecule has 3 aromatic rings. The van der Waals surface area contributed by atoms with E-state index in [1.807, 2.05) is 19.9 Å². The van der Waals surface area contributed by atoms with Crippen molar-refractivity contribution in [2.75, 3.05) is 6.54 Å². The van der Waals surface area contributed by atoms with Crippen molar-refractivity contribution in [2.24, 2.45) is 0 Å². The highest BCUT2D eigenvalue weighted by Gasteiger charge is 2.09. The molecule has 1 aromatic heterocycles. The van der Waals surface area contributed by atoms with E-state index in [2.05, 4.69) is 15.3 Å². The summed E-state index contributed by atoms with van der Waals surface area (Å²) in [5.74, 6) is -0.364. The predicted molar refractivity (Wildman–Crippen MR) is 96.2 cm³/mol. The molecule has 0 saturated carbocycles. The summed E-state index contributed by atoms with van der Waals surface area (Å²) in [7, 11) is 0. The van der Waals surface area contributed by atoms with Crippen LogP contribution in [0.2, 0.25) is 0 Å². The first-order valence-electron chi connectivity index (χ1n) is 8.22. The van der Waals surface area contributed by atoms with Crippen LogP contribution in [0.5, 0.6) is 0 Å². The first-order valence-corrected chi connectivity index (χ1v) is 8.22. The third-order valence-electron chi connectivity index (χ3n) is 4.26. The van der Waals surface area contributed by atoms with Crippen LogP contribution < -0.4 is 5.32 Å². The molecule has 0 unspecified atom stereocenters. The van der Waals surface area contributed by atoms with E-state index in [1.54, 1.807) is 31.2 Å². The molecule has 1 amide bonds. The van der Waals surface area contributed by atoms with Gasteiger partial charge in [-0.3, -0.25) is 4.79 Å². The molecule has 0 radical (unpaired) electrons. The number of nitrogens with one attached hydrogen (secondary N) is 1. The number of carbonyl (C=O) groups is 1. The van der Waals surface area contributed by atoms with Crippen LogP contribution in [0, 0.1) is 26.6 Å². The van der Waals surface area contributed by atoms with Crippen molar-refractivity contribution in [2.45, 2.75) is 27.2 Å². The third kappa shape index (κ3) is 3.82. The van der Waals surface area contributed by atoms with E-state index in [1.165, 1.54) is 6.07 Å². The van der Waals surface area contributed by atoms with Crippen molar-refractivity contribution >= 4 is 16.9 Å². The molecule has 0 bridgehead atoms. The minimum Gasteiger partial charge on any atom is -0.352 e. The normalized spacial score (nSPS) is 10.9. The van der Waals surface area contributed by atoms with E-state index >= 15 is 0 Å². The second kappa shape index (κ2) is 6.97. The van der Waals surface area contributed by atoms with E-state index in [0.29, 0.717) is 29.6 Å². The summed E-state index contributed by atoms with van der Waals surface area (Å²) in [5.41, 5.74) is 5.40. The third-order valence-corrected chi connectivity index (χ3v) is 4.26. The zero-order valence-electron chi connectivity index (χ0n) is 14.6. The van der Waals surface area contributed by atoms with Crippen LogP contribution in [0.4, 0.5) is 4.39 Å². The Bertz CT molecular complexity index is 953. The lowest BCUT2D eigenvalue weighted by Gasteiger charge is -2.08. The quantitative estimate of drug-likeness (QED) is 0.790. The van der Waals surface area contributed by atoms with Gasteiger partial charge in [-0.2, -0.15) is 0 Å². The van der Waals surface area contributed by atoms with Gasteiger partial charge in [0.1, 0.15) is 5.82 Å². The fourth-order valence-electron chi connectivity index (χ4n) is 2.66. The molecule has 0 aliphatic heterocycles. The SMILES string of the molecule is Cc1cc(CCNC(=O)c2ccc3nc(C)c(C)nc3c2)ccc1F. The molecule has 0 spiro atoms. The van der Waals surface area contributed by atoms with Gasteiger partial charge < -0.3 is 5.32 Å². The average Bonchev–Trinajstić information content (AvgIpc) is 2.58. The van der Waals surface area contributed by atoms with Gasteiger partial charge in [-0.1, -0.05) is 12.1 Å². The molecule has 3 rings (SSSR count). The zero-order valence-corrected chi connectivity index (χ0v) is 14.6. The summed E-state index contributed by atoms with van der Waals surface area (Å²) in [6.45, 7) is 6.04. The van der Waals surface area contributed by atoms with Crippen molar-refractivity contribution in [1.29, 1.82) is 0 Å². The summed E-state index contributed by atoms with van der Waals surface area (Å²) in [5, 5.41) is 2.89. The van der Waals surface area contributed by atoms with Gasteiger partial charge in [-0.15, -0.1) is 0 Å². The van der Waals surface area contributed by atoms with Crippen molar-refractivity contribution in [3.8, 4) is 0 Å². The second-order valence-corrected chi connectivity index (χ2v) is 6.19. The number of hydrogen-bond donors (Lipinski definition) is 1. The topological polar surface area (TPSA) is 54.9 Å². The number of halogens is 1. The minimum absolute atomic E-state index is 0.152. The molecular formula is C20H20FN3O. The predicted octanol–water partition coefficient (Wildman–Crippen LogP) is 3.67. The van der Waals surface area contributed by atoms with Gasteiger partial charge in [0, 0.05) is 12.1 Å². The Balaban J connectivity index is 1.67. The summed E-state index contributed by atoms with van der Waals surface area (Å²) < 4.78 is 13.3. The molecule has 0 aliphatic rings. The van der Waals surface area contributed by atoms with E-state index in [9.17, 15) is 9.18 Å². The number of benzene rings is 2. The van der Waals surface area contributed by atoms with Crippen LogP contribution in [-0.2, 0) is 6.42 Å². The monoisotopic (exact) mass is 337 g/mol. The van der Waals surface area contributed by atoms with Gasteiger partial charge in [-0.25, -0.2) is 14.4 Å². The number of aromatic nitrogens is 2. The van der Waals surface area contributed by atoms with Gasteiger partial charge in [-0.05, 0) is 62.6 Å². The second-order valence-electron chi connectivity index (χ2n) is 6.19. The van der Waals surface area contributed by atoms with Crippen molar-refractivity contribution in [3.05, 3.63) is 70.3 Å². The Hall–Kier alpha value is -2.82. The fourth-order valence-corrected chi connectivity index (χ4v) is 2.66. The lowest BCUT2D eigenvalue weighted by molar-refractivity contribution is 0.0954. The van der Waals surface area contributed by atoms with Crippen LogP contribution in [0.15, 0.2) is 36.4 Å². The summed E-state index contributed by atoms with van der Waals surface area (Å²) in [4.78, 5) is 21.3. The number of fused-ring (bicyclic) bond motifs is 1. The highest BCUT2D eigenvalue weighted by Crippen LogP contribution is 2.14. The van der Waals surface area contributed by atoms with E-state index < -0.39 is 0 Å². The molecular weight excluding hydrogens is 317 g/mol. The van der Waals surface area contributed by atoms with Gasteiger partial charge >= 0.3 is 0 Å². The van der Waals surface area contributed by atoms with Crippen LogP contribution >= 0.6 is 0 Å². The maximum absolute atomic E-state index is 13.3. The Morgan fingerprint density at radius 3 is 2.44 bits per heavy atom. The maximum atomic E-state index is 13.3. The summed E-state index contributed by atoms with van der Waals surface area (Å²) in [6, 6.07) is 10.3. The molecule has 0 atom stereocenters. The number of hydrogen-bond acceptors (Lipinski definition) is 3. The summed E-state index contributed by atoms with van der Waals surface area (Å²) >= 11 is 0. The van der Waals surface area contributed by atoms with Crippen LogP contribution in [-0.4, -0.2) is 22.4 Å². The number of carbonyl (C=O) groups excluding carboxylic acids is 1. The van der Waals surface area contributed by atoms with Crippen molar-refractivity contribution in [1.82, 2.24) is 15.3 Å². The Kier molecular flexibility index (Phi) is 4.74. The lowest BCUT2D eigenvalue weighted by Crippen LogP contribution is -2.25. The minimum atomic E-state index is -0.212. The molecule has 1 N–H and O–H groups in total. The van der Waals surface area contributed by atoms with Crippen LogP contribution in [0.1, 0.15) is 32.9 Å². The number of rotatable bonds is 4. The van der Waals surface area contributed by atoms with Crippen LogP contribution in [0.25, 0.3) is 11.0 Å². The van der Waals surface area contributed by atoms with Gasteiger partial charge in [0.15, 0.2) is 0 Å². The number of aryl methyl sites for hydroxylation is 3. The highest BCUT2D eigenvalue weighted by atomic mass is 19.1. The number of amides is 1. The van der Waals surface area contributed by atoms with E-state index in [0.717, 1.165) is 22.5 Å². The number of nitrogens with zero attached hydrogens (tertiary/aromatic N) is 2. The Morgan fingerprint density at radius 2 is 1.72 bits per heavy atom. The first-order chi connectivity index (χ1) is 11.9. The van der Waals surface area contributed by atoms with Gasteiger partial charge in [0.05, 0.1) is 22.4 Å². The molecule has 2 aromatic carbocycles. The molecule has 0 fully saturated rings. The molecule has 25 heavy (non-hydrogen) atoms. The molecule has 1 heterocycles. The Morgan fingerprint density at radius 1 is 1.00 bits per heavy atom. The highest BCUT2D eigenvalue weighted by molar-refractivity contribution is 5.97. The Labute approximate surface area is 146 Å². The van der Waals surface area contributed by atoms with Gasteiger partial charge in [0.25, 0.3) is 5.91 Å². The summed E-state index contributed by atoms with van der Waals surface area (Å²) in [6.07, 6.45) is 0.651. The smallest absolute Gasteiger partial charge is 0.251 e. The van der Waals surface area contributed by atoms with E-state index in [-0.39, 0.29) is 11.7 Å². The fraction of sp³-hybridized carbons (Fsp3) is 0.250. The zero-order chi connectivity index (χ0) is 18.0. The van der Waals surface area contributed by atoms with Gasteiger partial charge in [0.2, 0.25) is 0 Å². The van der Waals surface area contributed by atoms with Crippen molar-refractivity contribution in [3.63, 3.8) is 0 Å².